The van der Waals surface area contributed by atoms with Gasteiger partial charge in [-0.3, -0.25) is 4.79 Å². The summed E-state index contributed by atoms with van der Waals surface area (Å²) in [6.07, 6.45) is 5.06. The molecule has 1 aliphatic heterocycles. The number of aromatic nitrogens is 2. The van der Waals surface area contributed by atoms with E-state index in [4.69, 9.17) is 4.74 Å². The minimum atomic E-state index is 0.0309. The van der Waals surface area contributed by atoms with Gasteiger partial charge in [-0.1, -0.05) is 18.2 Å². The Morgan fingerprint density at radius 1 is 1.30 bits per heavy atom. The van der Waals surface area contributed by atoms with Crippen molar-refractivity contribution >= 4 is 17.4 Å². The second-order valence-electron chi connectivity index (χ2n) is 6.92. The highest BCUT2D eigenvalue weighted by Gasteiger charge is 2.26. The summed E-state index contributed by atoms with van der Waals surface area (Å²) < 4.78 is 5.34. The number of hydrogen-bond acceptors (Lipinski definition) is 6. The number of methoxy groups -OCH3 is 1. The van der Waals surface area contributed by atoms with E-state index in [9.17, 15) is 4.79 Å². The van der Waals surface area contributed by atoms with Crippen LogP contribution in [-0.4, -0.2) is 50.2 Å². The van der Waals surface area contributed by atoms with Crippen molar-refractivity contribution in [3.8, 4) is 5.75 Å². The van der Waals surface area contributed by atoms with E-state index in [1.165, 1.54) is 0 Å². The molecule has 1 aromatic heterocycles. The van der Waals surface area contributed by atoms with Gasteiger partial charge in [-0.2, -0.15) is 0 Å². The average Bonchev–Trinajstić information content (AvgIpc) is 2.72. The van der Waals surface area contributed by atoms with Gasteiger partial charge in [0.1, 0.15) is 12.1 Å². The Labute approximate surface area is 160 Å². The summed E-state index contributed by atoms with van der Waals surface area (Å²) in [5, 5.41) is 3.06. The lowest BCUT2D eigenvalue weighted by molar-refractivity contribution is -0.125. The van der Waals surface area contributed by atoms with E-state index >= 15 is 0 Å². The molecule has 27 heavy (non-hydrogen) atoms. The van der Waals surface area contributed by atoms with E-state index in [1.54, 1.807) is 13.4 Å². The molecule has 0 bridgehead atoms. The smallest absolute Gasteiger partial charge is 0.223 e. The van der Waals surface area contributed by atoms with Crippen LogP contribution in [0.3, 0.4) is 0 Å². The molecule has 2 aromatic rings. The van der Waals surface area contributed by atoms with Gasteiger partial charge >= 0.3 is 0 Å². The SMILES string of the molecule is COc1ccccc1CNC(=O)C1CCN(c2cncnc2N(C)C)CC1. The third kappa shape index (κ3) is 4.48. The van der Waals surface area contributed by atoms with Crippen LogP contribution in [0.1, 0.15) is 18.4 Å². The van der Waals surface area contributed by atoms with Gasteiger partial charge in [0.25, 0.3) is 0 Å². The molecule has 7 heteroatoms. The molecule has 1 amide bonds. The van der Waals surface area contributed by atoms with Crippen LogP contribution in [0.25, 0.3) is 0 Å². The number of carbonyl (C=O) groups excluding carboxylic acids is 1. The van der Waals surface area contributed by atoms with Gasteiger partial charge in [-0.25, -0.2) is 9.97 Å². The monoisotopic (exact) mass is 369 g/mol. The summed E-state index contributed by atoms with van der Waals surface area (Å²) >= 11 is 0. The Kier molecular flexibility index (Phi) is 6.11. The molecule has 7 nitrogen and oxygen atoms in total. The molecular formula is C20H27N5O2. The number of amides is 1. The Morgan fingerprint density at radius 2 is 2.04 bits per heavy atom. The fraction of sp³-hybridized carbons (Fsp3) is 0.450. The largest absolute Gasteiger partial charge is 0.496 e. The van der Waals surface area contributed by atoms with Crippen LogP contribution in [0.4, 0.5) is 11.5 Å². The van der Waals surface area contributed by atoms with Crippen molar-refractivity contribution in [2.24, 2.45) is 5.92 Å². The van der Waals surface area contributed by atoms with E-state index in [0.29, 0.717) is 6.54 Å². The molecule has 0 spiro atoms. The molecule has 1 fully saturated rings. The predicted molar refractivity (Wildman–Crippen MR) is 106 cm³/mol. The predicted octanol–water partition coefficient (Wildman–Crippen LogP) is 2.08. The van der Waals surface area contributed by atoms with Gasteiger partial charge in [0, 0.05) is 45.2 Å². The molecule has 144 valence electrons. The number of nitrogens with one attached hydrogen (secondary N) is 1. The zero-order chi connectivity index (χ0) is 19.2. The van der Waals surface area contributed by atoms with Gasteiger partial charge in [0.2, 0.25) is 5.91 Å². The zero-order valence-electron chi connectivity index (χ0n) is 16.2. The molecule has 0 atom stereocenters. The molecule has 2 heterocycles. The molecule has 1 saturated heterocycles. The highest BCUT2D eigenvalue weighted by Crippen LogP contribution is 2.29. The van der Waals surface area contributed by atoms with Crippen molar-refractivity contribution in [1.29, 1.82) is 0 Å². The third-order valence-corrected chi connectivity index (χ3v) is 4.95. The van der Waals surface area contributed by atoms with Crippen LogP contribution in [-0.2, 0) is 11.3 Å². The van der Waals surface area contributed by atoms with Crippen molar-refractivity contribution in [2.45, 2.75) is 19.4 Å². The summed E-state index contributed by atoms with van der Waals surface area (Å²) in [6, 6.07) is 7.76. The average molecular weight is 369 g/mol. The number of piperidine rings is 1. The normalized spacial score (nSPS) is 14.7. The van der Waals surface area contributed by atoms with Crippen LogP contribution in [0, 0.1) is 5.92 Å². The number of rotatable bonds is 6. The fourth-order valence-corrected chi connectivity index (χ4v) is 3.44. The lowest BCUT2D eigenvalue weighted by Gasteiger charge is -2.34. The molecule has 1 aliphatic rings. The molecule has 0 aliphatic carbocycles. The van der Waals surface area contributed by atoms with Gasteiger partial charge < -0.3 is 19.9 Å². The van der Waals surface area contributed by atoms with E-state index in [1.807, 2.05) is 49.5 Å². The van der Waals surface area contributed by atoms with Gasteiger partial charge in [-0.15, -0.1) is 0 Å². The highest BCUT2D eigenvalue weighted by molar-refractivity contribution is 5.79. The van der Waals surface area contributed by atoms with Crippen molar-refractivity contribution in [3.63, 3.8) is 0 Å². The first-order valence-corrected chi connectivity index (χ1v) is 9.22. The van der Waals surface area contributed by atoms with Crippen molar-refractivity contribution in [3.05, 3.63) is 42.4 Å². The fourth-order valence-electron chi connectivity index (χ4n) is 3.44. The van der Waals surface area contributed by atoms with Crippen LogP contribution in [0.15, 0.2) is 36.8 Å². The second kappa shape index (κ2) is 8.70. The summed E-state index contributed by atoms with van der Waals surface area (Å²) in [5.41, 5.74) is 2.01. The lowest BCUT2D eigenvalue weighted by Crippen LogP contribution is -2.41. The first kappa shape index (κ1) is 18.9. The number of hydrogen-bond donors (Lipinski definition) is 1. The summed E-state index contributed by atoms with van der Waals surface area (Å²) in [4.78, 5) is 25.4. The Balaban J connectivity index is 1.55. The number of carbonyl (C=O) groups is 1. The molecule has 0 saturated carbocycles. The van der Waals surface area contributed by atoms with E-state index in [0.717, 1.165) is 48.7 Å². The molecule has 0 radical (unpaired) electrons. The van der Waals surface area contributed by atoms with Crippen molar-refractivity contribution in [1.82, 2.24) is 15.3 Å². The molecular weight excluding hydrogens is 342 g/mol. The van der Waals surface area contributed by atoms with Crippen LogP contribution in [0.5, 0.6) is 5.75 Å². The Morgan fingerprint density at radius 3 is 2.74 bits per heavy atom. The number of ether oxygens (including phenoxy) is 1. The number of para-hydroxylation sites is 1. The summed E-state index contributed by atoms with van der Waals surface area (Å²) in [5.74, 6) is 1.85. The number of nitrogens with zero attached hydrogens (tertiary/aromatic N) is 4. The molecule has 1 aromatic carbocycles. The second-order valence-corrected chi connectivity index (χ2v) is 6.92. The molecule has 0 unspecified atom stereocenters. The Hall–Kier alpha value is -2.83. The van der Waals surface area contributed by atoms with Crippen LogP contribution < -0.4 is 19.9 Å². The lowest BCUT2D eigenvalue weighted by atomic mass is 9.95. The third-order valence-electron chi connectivity index (χ3n) is 4.95. The van der Waals surface area contributed by atoms with E-state index in [2.05, 4.69) is 20.2 Å². The van der Waals surface area contributed by atoms with Crippen molar-refractivity contribution < 1.29 is 9.53 Å². The van der Waals surface area contributed by atoms with E-state index in [-0.39, 0.29) is 11.8 Å². The molecule has 1 N–H and O–H groups in total. The summed E-state index contributed by atoms with van der Waals surface area (Å²) in [6.45, 7) is 2.13. The van der Waals surface area contributed by atoms with E-state index < -0.39 is 0 Å². The van der Waals surface area contributed by atoms with Crippen LogP contribution in [0.2, 0.25) is 0 Å². The maximum Gasteiger partial charge on any atom is 0.223 e. The first-order valence-electron chi connectivity index (χ1n) is 9.22. The maximum absolute atomic E-state index is 12.6. The van der Waals surface area contributed by atoms with Gasteiger partial charge in [-0.05, 0) is 18.9 Å². The number of anilines is 2. The minimum Gasteiger partial charge on any atom is -0.496 e. The highest BCUT2D eigenvalue weighted by atomic mass is 16.5. The number of benzene rings is 1. The summed E-state index contributed by atoms with van der Waals surface area (Å²) in [7, 11) is 5.60. The minimum absolute atomic E-state index is 0.0309. The zero-order valence-corrected chi connectivity index (χ0v) is 16.2. The topological polar surface area (TPSA) is 70.6 Å². The van der Waals surface area contributed by atoms with Crippen LogP contribution >= 0.6 is 0 Å². The van der Waals surface area contributed by atoms with Crippen molar-refractivity contribution in [2.75, 3.05) is 44.1 Å². The molecule has 3 rings (SSSR count). The first-order chi connectivity index (χ1) is 13.1. The quantitative estimate of drug-likeness (QED) is 0.841. The Bertz CT molecular complexity index is 772. The van der Waals surface area contributed by atoms with Gasteiger partial charge in [0.15, 0.2) is 5.82 Å². The standard InChI is InChI=1S/C20H27N5O2/c1-24(2)19-17(13-21-14-23-19)25-10-8-15(9-11-25)20(26)22-12-16-6-4-5-7-18(16)27-3/h4-7,13-15H,8-12H2,1-3H3,(H,22,26). The van der Waals surface area contributed by atoms with Gasteiger partial charge in [0.05, 0.1) is 19.0 Å². The maximum atomic E-state index is 12.6.